The van der Waals surface area contributed by atoms with E-state index < -0.39 is 11.7 Å². The fourth-order valence-corrected chi connectivity index (χ4v) is 3.23. The number of rotatable bonds is 8. The lowest BCUT2D eigenvalue weighted by atomic mass is 9.95. The Kier molecular flexibility index (Phi) is 8.29. The second-order valence-electron chi connectivity index (χ2n) is 6.93. The van der Waals surface area contributed by atoms with E-state index >= 15 is 0 Å². The van der Waals surface area contributed by atoms with Gasteiger partial charge in [0.25, 0.3) is 0 Å². The maximum Gasteiger partial charge on any atom is 0.196 e. The maximum atomic E-state index is 14.2. The molecular weight excluding hydrogens is 350 g/mol. The van der Waals surface area contributed by atoms with Gasteiger partial charge in [0, 0.05) is 18.8 Å². The molecule has 0 saturated carbocycles. The summed E-state index contributed by atoms with van der Waals surface area (Å²) >= 11 is 0. The van der Waals surface area contributed by atoms with Crippen LogP contribution in [-0.4, -0.2) is 26.4 Å². The summed E-state index contributed by atoms with van der Waals surface area (Å²) in [4.78, 5) is 0. The van der Waals surface area contributed by atoms with Crippen LogP contribution < -0.4 is 0 Å². The lowest BCUT2D eigenvalue weighted by Gasteiger charge is -2.27. The van der Waals surface area contributed by atoms with Gasteiger partial charge in [0.1, 0.15) is 5.76 Å². The highest BCUT2D eigenvalue weighted by molar-refractivity contribution is 5.43. The molecule has 1 fully saturated rings. The molecule has 1 aliphatic heterocycles. The summed E-state index contributed by atoms with van der Waals surface area (Å²) in [5, 5.41) is 0. The molecule has 0 bridgehead atoms. The van der Waals surface area contributed by atoms with Gasteiger partial charge < -0.3 is 14.2 Å². The lowest BCUT2D eigenvalue weighted by Crippen LogP contribution is -2.27. The molecule has 1 saturated heterocycles. The topological polar surface area (TPSA) is 27.7 Å². The standard InChI is InChI=1S/C22H30F2O3/c1-5-17(26-13-16-8-10-18(6-2)27-14-16)9-7-15(3)19-11-12-20(25-4)22(24)21(19)23/h6-7,9,16,18H,2,5,8,10-14H2,1,3-4H3/b15-7+,17-9+. The quantitative estimate of drug-likeness (QED) is 0.291. The molecule has 3 nitrogen and oxygen atoms in total. The summed E-state index contributed by atoms with van der Waals surface area (Å²) in [6.07, 6.45) is 9.18. The van der Waals surface area contributed by atoms with Gasteiger partial charge in [-0.2, -0.15) is 0 Å². The van der Waals surface area contributed by atoms with E-state index in [0.29, 0.717) is 43.1 Å². The first kappa shape index (κ1) is 21.4. The summed E-state index contributed by atoms with van der Waals surface area (Å²) in [5.41, 5.74) is 1.08. The number of ether oxygens (including phenoxy) is 3. The van der Waals surface area contributed by atoms with E-state index in [-0.39, 0.29) is 11.9 Å². The third-order valence-electron chi connectivity index (χ3n) is 5.07. The molecule has 0 radical (unpaired) electrons. The van der Waals surface area contributed by atoms with Crippen LogP contribution >= 0.6 is 0 Å². The molecule has 2 aliphatic rings. The second kappa shape index (κ2) is 10.5. The van der Waals surface area contributed by atoms with Crippen molar-refractivity contribution in [2.45, 2.75) is 52.1 Å². The van der Waals surface area contributed by atoms with Gasteiger partial charge in [0.05, 0.1) is 32.2 Å². The molecule has 0 aromatic carbocycles. The van der Waals surface area contributed by atoms with Crippen molar-refractivity contribution in [3.63, 3.8) is 0 Å². The molecule has 0 amide bonds. The van der Waals surface area contributed by atoms with E-state index in [9.17, 15) is 8.78 Å². The van der Waals surface area contributed by atoms with Crippen LogP contribution in [0.2, 0.25) is 0 Å². The average molecular weight is 380 g/mol. The van der Waals surface area contributed by atoms with Crippen LogP contribution in [0.15, 0.2) is 59.1 Å². The minimum Gasteiger partial charge on any atom is -0.498 e. The van der Waals surface area contributed by atoms with Gasteiger partial charge in [-0.15, -0.1) is 6.58 Å². The van der Waals surface area contributed by atoms with Gasteiger partial charge in [-0.25, -0.2) is 8.78 Å². The van der Waals surface area contributed by atoms with Crippen molar-refractivity contribution in [3.8, 4) is 0 Å². The highest BCUT2D eigenvalue weighted by Crippen LogP contribution is 2.35. The van der Waals surface area contributed by atoms with Crippen LogP contribution in [0.5, 0.6) is 0 Å². The Bertz CT molecular complexity index is 650. The largest absolute Gasteiger partial charge is 0.498 e. The summed E-state index contributed by atoms with van der Waals surface area (Å²) in [7, 11) is 1.36. The molecule has 0 N–H and O–H groups in total. The first-order chi connectivity index (χ1) is 13.0. The monoisotopic (exact) mass is 380 g/mol. The van der Waals surface area contributed by atoms with E-state index in [0.717, 1.165) is 25.0 Å². The third kappa shape index (κ3) is 5.80. The van der Waals surface area contributed by atoms with E-state index in [4.69, 9.17) is 14.2 Å². The molecule has 0 aromatic rings. The molecule has 1 aliphatic carbocycles. The summed E-state index contributed by atoms with van der Waals surface area (Å²) < 4.78 is 44.7. The summed E-state index contributed by atoms with van der Waals surface area (Å²) in [6.45, 7) is 8.83. The predicted molar refractivity (Wildman–Crippen MR) is 103 cm³/mol. The SMILES string of the molecule is C=CC1CCC(CO/C(=C/C=C(\C)C2=C(F)C(F)=C(OC)CC2)CC)CO1. The van der Waals surface area contributed by atoms with Gasteiger partial charge in [-0.05, 0) is 43.4 Å². The zero-order valence-corrected chi connectivity index (χ0v) is 16.5. The molecule has 2 atom stereocenters. The van der Waals surface area contributed by atoms with Gasteiger partial charge in [0.15, 0.2) is 11.7 Å². The molecule has 2 rings (SSSR count). The Balaban J connectivity index is 1.98. The van der Waals surface area contributed by atoms with Gasteiger partial charge >= 0.3 is 0 Å². The van der Waals surface area contributed by atoms with E-state index in [1.165, 1.54) is 7.11 Å². The molecule has 2 unspecified atom stereocenters. The molecule has 27 heavy (non-hydrogen) atoms. The van der Waals surface area contributed by atoms with E-state index in [2.05, 4.69) is 6.58 Å². The Morgan fingerprint density at radius 2 is 2.00 bits per heavy atom. The van der Waals surface area contributed by atoms with Crippen molar-refractivity contribution in [1.82, 2.24) is 0 Å². The highest BCUT2D eigenvalue weighted by atomic mass is 19.2. The van der Waals surface area contributed by atoms with Crippen LogP contribution in [0, 0.1) is 5.92 Å². The lowest BCUT2D eigenvalue weighted by molar-refractivity contribution is -0.0124. The third-order valence-corrected chi connectivity index (χ3v) is 5.07. The molecule has 0 spiro atoms. The molecule has 150 valence electrons. The fourth-order valence-electron chi connectivity index (χ4n) is 3.23. The van der Waals surface area contributed by atoms with Crippen LogP contribution in [0.3, 0.4) is 0 Å². The van der Waals surface area contributed by atoms with E-state index in [1.54, 1.807) is 13.0 Å². The Morgan fingerprint density at radius 3 is 2.59 bits per heavy atom. The smallest absolute Gasteiger partial charge is 0.196 e. The normalized spacial score (nSPS) is 24.9. The molecular formula is C22H30F2O3. The van der Waals surface area contributed by atoms with Crippen LogP contribution in [0.4, 0.5) is 8.78 Å². The predicted octanol–water partition coefficient (Wildman–Crippen LogP) is 6.07. The molecule has 1 heterocycles. The summed E-state index contributed by atoms with van der Waals surface area (Å²) in [6, 6.07) is 0. The number of allylic oxidation sites excluding steroid dienone is 8. The van der Waals surface area contributed by atoms with Crippen LogP contribution in [0.1, 0.15) is 46.0 Å². The van der Waals surface area contributed by atoms with Crippen LogP contribution in [0.25, 0.3) is 0 Å². The van der Waals surface area contributed by atoms with Crippen LogP contribution in [-0.2, 0) is 14.2 Å². The van der Waals surface area contributed by atoms with Gasteiger partial charge in [-0.1, -0.05) is 19.1 Å². The van der Waals surface area contributed by atoms with Gasteiger partial charge in [0.2, 0.25) is 0 Å². The minimum atomic E-state index is -0.891. The molecule has 0 aromatic heterocycles. The number of hydrogen-bond donors (Lipinski definition) is 0. The van der Waals surface area contributed by atoms with Crippen molar-refractivity contribution < 1.29 is 23.0 Å². The molecule has 5 heteroatoms. The number of methoxy groups -OCH3 is 1. The number of hydrogen-bond acceptors (Lipinski definition) is 3. The van der Waals surface area contributed by atoms with Crippen molar-refractivity contribution >= 4 is 0 Å². The van der Waals surface area contributed by atoms with Gasteiger partial charge in [-0.3, -0.25) is 0 Å². The Hall–Kier alpha value is -1.88. The zero-order valence-electron chi connectivity index (χ0n) is 16.5. The Morgan fingerprint density at radius 1 is 1.22 bits per heavy atom. The first-order valence-corrected chi connectivity index (χ1v) is 9.56. The Labute approximate surface area is 161 Å². The number of halogens is 2. The van der Waals surface area contributed by atoms with Crippen molar-refractivity contribution in [2.24, 2.45) is 5.92 Å². The summed E-state index contributed by atoms with van der Waals surface area (Å²) in [5.74, 6) is -0.449. The zero-order chi connectivity index (χ0) is 19.8. The second-order valence-corrected chi connectivity index (χ2v) is 6.93. The van der Waals surface area contributed by atoms with Crippen molar-refractivity contribution in [1.29, 1.82) is 0 Å². The highest BCUT2D eigenvalue weighted by Gasteiger charge is 2.24. The van der Waals surface area contributed by atoms with Crippen molar-refractivity contribution in [2.75, 3.05) is 20.3 Å². The maximum absolute atomic E-state index is 14.2. The fraction of sp³-hybridized carbons (Fsp3) is 0.545. The van der Waals surface area contributed by atoms with E-state index in [1.807, 2.05) is 19.1 Å². The first-order valence-electron chi connectivity index (χ1n) is 9.56. The minimum absolute atomic E-state index is 0.0746. The average Bonchev–Trinajstić information content (AvgIpc) is 2.70. The van der Waals surface area contributed by atoms with Crippen molar-refractivity contribution in [3.05, 3.63) is 59.1 Å².